The monoisotopic (exact) mass is 380 g/mol. The molecule has 0 radical (unpaired) electrons. The topological polar surface area (TPSA) is 84.5 Å². The van der Waals surface area contributed by atoms with E-state index in [1.54, 1.807) is 11.4 Å². The number of amides is 2. The maximum atomic E-state index is 12.4. The maximum Gasteiger partial charge on any atom is 0.471 e. The van der Waals surface area contributed by atoms with Crippen LogP contribution >= 0.6 is 0 Å². The lowest BCUT2D eigenvalue weighted by Gasteiger charge is -2.13. The molecule has 0 fully saturated rings. The van der Waals surface area contributed by atoms with E-state index in [0.29, 0.717) is 5.56 Å². The zero-order valence-corrected chi connectivity index (χ0v) is 14.1. The molecule has 0 aliphatic carbocycles. The van der Waals surface area contributed by atoms with Gasteiger partial charge in [0.05, 0.1) is 0 Å². The van der Waals surface area contributed by atoms with E-state index in [2.05, 4.69) is 5.32 Å². The van der Waals surface area contributed by atoms with Gasteiger partial charge in [0.2, 0.25) is 0 Å². The van der Waals surface area contributed by atoms with Gasteiger partial charge in [-0.1, -0.05) is 24.3 Å². The molecule has 2 rings (SSSR count). The molecule has 2 aromatic rings. The number of rotatable bonds is 5. The summed E-state index contributed by atoms with van der Waals surface area (Å²) in [5, 5.41) is 4.31. The Kier molecular flexibility index (Phi) is 6.17. The number of hydrogen-bond acceptors (Lipinski definition) is 4. The molecule has 2 amide bonds. The molecule has 0 unspecified atom stereocenters. The van der Waals surface area contributed by atoms with E-state index < -0.39 is 24.0 Å². The van der Waals surface area contributed by atoms with Crippen LogP contribution in [0.25, 0.3) is 0 Å². The molecular weight excluding hydrogens is 365 g/mol. The van der Waals surface area contributed by atoms with Crippen LogP contribution in [0.5, 0.6) is 5.75 Å². The van der Waals surface area contributed by atoms with Crippen molar-refractivity contribution in [3.63, 3.8) is 0 Å². The first-order valence-corrected chi connectivity index (χ1v) is 7.69. The number of carbonyl (C=O) groups excluding carboxylic acids is 3. The van der Waals surface area contributed by atoms with Crippen molar-refractivity contribution < 1.29 is 32.3 Å². The summed E-state index contributed by atoms with van der Waals surface area (Å²) in [5.41, 5.74) is 0.430. The number of nitrogens with one attached hydrogen (secondary N) is 2. The van der Waals surface area contributed by atoms with E-state index in [1.807, 2.05) is 0 Å². The number of esters is 1. The predicted molar refractivity (Wildman–Crippen MR) is 90.0 cm³/mol. The lowest BCUT2D eigenvalue weighted by atomic mass is 10.1. The first-order chi connectivity index (χ1) is 12.7. The largest absolute Gasteiger partial charge is 0.471 e. The molecule has 0 saturated heterocycles. The van der Waals surface area contributed by atoms with Crippen molar-refractivity contribution in [1.82, 2.24) is 5.32 Å². The summed E-state index contributed by atoms with van der Waals surface area (Å²) >= 11 is 0. The van der Waals surface area contributed by atoms with Crippen LogP contribution in [0.4, 0.5) is 18.9 Å². The van der Waals surface area contributed by atoms with Crippen molar-refractivity contribution in [2.45, 2.75) is 19.6 Å². The van der Waals surface area contributed by atoms with Crippen molar-refractivity contribution in [2.24, 2.45) is 0 Å². The fourth-order valence-electron chi connectivity index (χ4n) is 2.13. The Hall–Kier alpha value is -3.36. The highest BCUT2D eigenvalue weighted by Crippen LogP contribution is 2.21. The molecule has 142 valence electrons. The van der Waals surface area contributed by atoms with Crippen molar-refractivity contribution in [3.8, 4) is 5.75 Å². The molecular formula is C18H15F3N2O4. The molecule has 9 heteroatoms. The highest BCUT2D eigenvalue weighted by molar-refractivity contribution is 5.96. The minimum absolute atomic E-state index is 0.0613. The second-order valence-electron chi connectivity index (χ2n) is 5.41. The van der Waals surface area contributed by atoms with Gasteiger partial charge in [-0.3, -0.25) is 14.4 Å². The smallest absolute Gasteiger partial charge is 0.427 e. The third-order valence-corrected chi connectivity index (χ3v) is 3.32. The van der Waals surface area contributed by atoms with Gasteiger partial charge in [-0.2, -0.15) is 13.2 Å². The van der Waals surface area contributed by atoms with Crippen molar-refractivity contribution in [3.05, 3.63) is 59.7 Å². The van der Waals surface area contributed by atoms with Crippen LogP contribution in [0, 0.1) is 0 Å². The zero-order valence-electron chi connectivity index (χ0n) is 14.1. The first-order valence-electron chi connectivity index (χ1n) is 7.69. The van der Waals surface area contributed by atoms with Gasteiger partial charge in [-0.15, -0.1) is 0 Å². The molecule has 0 aliphatic rings. The van der Waals surface area contributed by atoms with Gasteiger partial charge in [0.1, 0.15) is 5.75 Å². The summed E-state index contributed by atoms with van der Waals surface area (Å²) < 4.78 is 42.1. The molecule has 2 N–H and O–H groups in total. The summed E-state index contributed by atoms with van der Waals surface area (Å²) in [6, 6.07) is 11.7. The Morgan fingerprint density at radius 3 is 2.41 bits per heavy atom. The van der Waals surface area contributed by atoms with Crippen molar-refractivity contribution in [1.29, 1.82) is 0 Å². The van der Waals surface area contributed by atoms with Crippen LogP contribution < -0.4 is 15.4 Å². The molecule has 6 nitrogen and oxygen atoms in total. The van der Waals surface area contributed by atoms with E-state index in [4.69, 9.17) is 4.74 Å². The fraction of sp³-hybridized carbons (Fsp3) is 0.167. The number of carbonyl (C=O) groups is 3. The number of alkyl halides is 3. The average Bonchev–Trinajstić information content (AvgIpc) is 2.59. The van der Waals surface area contributed by atoms with Gasteiger partial charge in [0, 0.05) is 24.7 Å². The quantitative estimate of drug-likeness (QED) is 0.617. The summed E-state index contributed by atoms with van der Waals surface area (Å²) in [6.07, 6.45) is -5.02. The van der Waals surface area contributed by atoms with Gasteiger partial charge < -0.3 is 15.4 Å². The predicted octanol–water partition coefficient (Wildman–Crippen LogP) is 3.04. The molecule has 2 aromatic carbocycles. The van der Waals surface area contributed by atoms with Gasteiger partial charge >= 0.3 is 18.1 Å². The number of para-hydroxylation sites is 1. The third-order valence-electron chi connectivity index (χ3n) is 3.32. The van der Waals surface area contributed by atoms with E-state index in [-0.39, 0.29) is 23.5 Å². The summed E-state index contributed by atoms with van der Waals surface area (Å²) in [6.45, 7) is 1.10. The molecule has 0 spiro atoms. The lowest BCUT2D eigenvalue weighted by molar-refractivity contribution is -0.167. The summed E-state index contributed by atoms with van der Waals surface area (Å²) in [7, 11) is 0. The van der Waals surface area contributed by atoms with Gasteiger partial charge in [-0.05, 0) is 29.8 Å². The molecule has 0 aliphatic heterocycles. The number of anilines is 1. The molecule has 27 heavy (non-hydrogen) atoms. The first kappa shape index (κ1) is 20.0. The second-order valence-corrected chi connectivity index (χ2v) is 5.41. The van der Waals surface area contributed by atoms with Crippen LogP contribution in [0.15, 0.2) is 48.5 Å². The van der Waals surface area contributed by atoms with Gasteiger partial charge in [0.25, 0.3) is 5.91 Å². The molecule has 0 atom stereocenters. The summed E-state index contributed by atoms with van der Waals surface area (Å²) in [4.78, 5) is 34.3. The second kappa shape index (κ2) is 8.35. The van der Waals surface area contributed by atoms with Crippen LogP contribution in [0.1, 0.15) is 22.8 Å². The standard InChI is InChI=1S/C18H15F3N2O4/c1-11(24)27-14-7-4-6-12(9-14)16(25)22-10-13-5-2-3-8-15(13)23-17(26)18(19,20)21/h2-9H,10H2,1H3,(H,22,25)(H,23,26). The Morgan fingerprint density at radius 2 is 1.74 bits per heavy atom. The summed E-state index contributed by atoms with van der Waals surface area (Å²) in [5.74, 6) is -2.98. The number of ether oxygens (including phenoxy) is 1. The average molecular weight is 380 g/mol. The number of hydrogen-bond donors (Lipinski definition) is 2. The minimum Gasteiger partial charge on any atom is -0.427 e. The van der Waals surface area contributed by atoms with E-state index >= 15 is 0 Å². The third kappa shape index (κ3) is 5.84. The van der Waals surface area contributed by atoms with Crippen LogP contribution in [0.2, 0.25) is 0 Å². The Bertz CT molecular complexity index is 866. The highest BCUT2D eigenvalue weighted by atomic mass is 19.4. The zero-order chi connectivity index (χ0) is 20.0. The Morgan fingerprint density at radius 1 is 1.04 bits per heavy atom. The van der Waals surface area contributed by atoms with Crippen molar-refractivity contribution in [2.75, 3.05) is 5.32 Å². The number of benzene rings is 2. The van der Waals surface area contributed by atoms with Crippen LogP contribution in [0.3, 0.4) is 0 Å². The lowest BCUT2D eigenvalue weighted by Crippen LogP contribution is -2.31. The normalized spacial score (nSPS) is 10.8. The van der Waals surface area contributed by atoms with E-state index in [1.165, 1.54) is 49.4 Å². The highest BCUT2D eigenvalue weighted by Gasteiger charge is 2.38. The van der Waals surface area contributed by atoms with Crippen LogP contribution in [-0.2, 0) is 16.1 Å². The van der Waals surface area contributed by atoms with E-state index in [9.17, 15) is 27.6 Å². The SMILES string of the molecule is CC(=O)Oc1cccc(C(=O)NCc2ccccc2NC(=O)C(F)(F)F)c1. The Labute approximate surface area is 152 Å². The van der Waals surface area contributed by atoms with Gasteiger partial charge in [-0.25, -0.2) is 0 Å². The maximum absolute atomic E-state index is 12.4. The van der Waals surface area contributed by atoms with Crippen LogP contribution in [-0.4, -0.2) is 24.0 Å². The Balaban J connectivity index is 2.07. The minimum atomic E-state index is -5.02. The molecule has 0 aromatic heterocycles. The van der Waals surface area contributed by atoms with Crippen molar-refractivity contribution >= 4 is 23.5 Å². The fourth-order valence-corrected chi connectivity index (χ4v) is 2.13. The van der Waals surface area contributed by atoms with Gasteiger partial charge in [0.15, 0.2) is 0 Å². The molecule has 0 saturated carbocycles. The molecule has 0 heterocycles. The number of halogens is 3. The molecule has 0 bridgehead atoms. The van der Waals surface area contributed by atoms with E-state index in [0.717, 1.165) is 0 Å².